The average Bonchev–Trinajstić information content (AvgIpc) is 3.00. The maximum Gasteiger partial charge on any atom is 0.273 e. The predicted molar refractivity (Wildman–Crippen MR) is 157 cm³/mol. The highest BCUT2D eigenvalue weighted by atomic mass is 35.5. The second kappa shape index (κ2) is 13.6. The fourth-order valence-corrected chi connectivity index (χ4v) is 4.98. The van der Waals surface area contributed by atoms with E-state index in [0.29, 0.717) is 48.3 Å². The Labute approximate surface area is 247 Å². The number of carbonyl (C=O) groups is 1. The summed E-state index contributed by atoms with van der Waals surface area (Å²) in [5.41, 5.74) is 2.37. The van der Waals surface area contributed by atoms with Crippen molar-refractivity contribution in [2.45, 2.75) is 26.0 Å². The maximum absolute atomic E-state index is 13.1. The van der Waals surface area contributed by atoms with Gasteiger partial charge in [-0.05, 0) is 53.6 Å². The van der Waals surface area contributed by atoms with E-state index in [4.69, 9.17) is 21.1 Å². The quantitative estimate of drug-likeness (QED) is 0.290. The molecule has 0 spiro atoms. The Balaban J connectivity index is 1.14. The number of amides is 1. The first-order chi connectivity index (χ1) is 20.4. The molecule has 0 atom stereocenters. The van der Waals surface area contributed by atoms with Gasteiger partial charge in [0.15, 0.2) is 17.3 Å². The number of aromatic amines is 1. The molecule has 3 aromatic carbocycles. The number of hydrogen-bond acceptors (Lipinski definition) is 7. The zero-order valence-corrected chi connectivity index (χ0v) is 23.9. The molecular formula is C31H31ClFN5O4. The molecule has 5 rings (SSSR count). The Morgan fingerprint density at radius 1 is 0.976 bits per heavy atom. The molecule has 0 saturated carbocycles. The largest absolute Gasteiger partial charge is 0.493 e. The van der Waals surface area contributed by atoms with Gasteiger partial charge in [-0.15, -0.1) is 10.2 Å². The van der Waals surface area contributed by atoms with Gasteiger partial charge >= 0.3 is 0 Å². The summed E-state index contributed by atoms with van der Waals surface area (Å²) < 4.78 is 24.5. The normalized spacial score (nSPS) is 13.6. The van der Waals surface area contributed by atoms with Gasteiger partial charge < -0.3 is 19.4 Å². The second-order valence-electron chi connectivity index (χ2n) is 10.0. The van der Waals surface area contributed by atoms with Crippen molar-refractivity contribution < 1.29 is 18.7 Å². The smallest absolute Gasteiger partial charge is 0.273 e. The minimum atomic E-state index is -0.392. The first kappa shape index (κ1) is 29.2. The van der Waals surface area contributed by atoms with Crippen molar-refractivity contribution in [3.8, 4) is 22.9 Å². The summed E-state index contributed by atoms with van der Waals surface area (Å²) in [5.74, 6) is 1.01. The Morgan fingerprint density at radius 2 is 1.76 bits per heavy atom. The Morgan fingerprint density at radius 3 is 2.48 bits per heavy atom. The molecule has 4 aromatic rings. The van der Waals surface area contributed by atoms with E-state index in [0.717, 1.165) is 24.2 Å². The molecule has 1 N–H and O–H groups in total. The zero-order chi connectivity index (χ0) is 29.5. The van der Waals surface area contributed by atoms with Gasteiger partial charge in [0.05, 0.1) is 7.11 Å². The van der Waals surface area contributed by atoms with Crippen LogP contribution in [0.25, 0.3) is 11.4 Å². The maximum atomic E-state index is 13.1. The van der Waals surface area contributed by atoms with E-state index in [9.17, 15) is 14.0 Å². The van der Waals surface area contributed by atoms with E-state index in [1.165, 1.54) is 19.2 Å². The van der Waals surface area contributed by atoms with Crippen molar-refractivity contribution in [1.29, 1.82) is 0 Å². The van der Waals surface area contributed by atoms with Crippen LogP contribution in [0.4, 0.5) is 4.39 Å². The number of aromatic nitrogens is 3. The summed E-state index contributed by atoms with van der Waals surface area (Å²) >= 11 is 6.05. The number of ether oxygens (including phenoxy) is 2. The number of aryl methyl sites for hydroxylation is 1. The summed E-state index contributed by atoms with van der Waals surface area (Å²) in [5, 5.41) is 8.94. The van der Waals surface area contributed by atoms with Crippen LogP contribution in [0.3, 0.4) is 0 Å². The minimum absolute atomic E-state index is 0.0280. The molecule has 42 heavy (non-hydrogen) atoms. The monoisotopic (exact) mass is 591 g/mol. The first-order valence-corrected chi connectivity index (χ1v) is 14.0. The Kier molecular flexibility index (Phi) is 9.45. The van der Waals surface area contributed by atoms with Crippen LogP contribution in [0, 0.1) is 5.82 Å². The summed E-state index contributed by atoms with van der Waals surface area (Å²) in [6, 6.07) is 19.1. The summed E-state index contributed by atoms with van der Waals surface area (Å²) in [6.45, 7) is 3.68. The van der Waals surface area contributed by atoms with Crippen molar-refractivity contribution in [1.82, 2.24) is 25.0 Å². The van der Waals surface area contributed by atoms with Gasteiger partial charge in [-0.25, -0.2) is 4.39 Å². The first-order valence-electron chi connectivity index (χ1n) is 13.6. The lowest BCUT2D eigenvalue weighted by Gasteiger charge is -2.34. The molecule has 1 saturated heterocycles. The molecule has 11 heteroatoms. The van der Waals surface area contributed by atoms with Crippen molar-refractivity contribution in [2.24, 2.45) is 0 Å². The van der Waals surface area contributed by atoms with Gasteiger partial charge in [0.1, 0.15) is 18.1 Å². The Bertz CT molecular complexity index is 1590. The fraction of sp³-hybridized carbons (Fsp3) is 0.290. The van der Waals surface area contributed by atoms with Gasteiger partial charge in [-0.3, -0.25) is 14.5 Å². The third-order valence-corrected chi connectivity index (χ3v) is 7.34. The van der Waals surface area contributed by atoms with Crippen LogP contribution < -0.4 is 15.0 Å². The van der Waals surface area contributed by atoms with E-state index >= 15 is 0 Å². The van der Waals surface area contributed by atoms with E-state index in [1.807, 2.05) is 18.2 Å². The van der Waals surface area contributed by atoms with Gasteiger partial charge in [0.2, 0.25) is 5.91 Å². The van der Waals surface area contributed by atoms with Crippen molar-refractivity contribution >= 4 is 17.5 Å². The highest BCUT2D eigenvalue weighted by Crippen LogP contribution is 2.31. The summed E-state index contributed by atoms with van der Waals surface area (Å²) in [4.78, 5) is 32.4. The standard InChI is InChI=1S/C31H31ClFN5O4/c1-41-28-18-23(7-11-27(28)42-20-22-3-2-4-24(32)17-22)30-34-31(40)26(35-36-30)10-12-29(39)38-15-13-37(14-16-38)19-21-5-8-25(33)9-6-21/h2-9,11,17-18H,10,12-16,19-20H2,1H3,(H,34,36,40). The van der Waals surface area contributed by atoms with Crippen molar-refractivity contribution in [3.05, 3.63) is 105 Å². The van der Waals surface area contributed by atoms with Gasteiger partial charge in [-0.1, -0.05) is 35.9 Å². The van der Waals surface area contributed by atoms with Crippen LogP contribution in [0.15, 0.2) is 71.5 Å². The second-order valence-corrected chi connectivity index (χ2v) is 10.5. The predicted octanol–water partition coefficient (Wildman–Crippen LogP) is 4.49. The van der Waals surface area contributed by atoms with Crippen LogP contribution in [0.2, 0.25) is 5.02 Å². The molecule has 0 radical (unpaired) electrons. The molecule has 0 unspecified atom stereocenters. The van der Waals surface area contributed by atoms with Crippen LogP contribution in [0.5, 0.6) is 11.5 Å². The van der Waals surface area contributed by atoms with Gasteiger partial charge in [0, 0.05) is 56.2 Å². The third kappa shape index (κ3) is 7.51. The van der Waals surface area contributed by atoms with Crippen LogP contribution >= 0.6 is 11.6 Å². The molecule has 1 fully saturated rings. The number of nitrogens with zero attached hydrogens (tertiary/aromatic N) is 4. The summed E-state index contributed by atoms with van der Waals surface area (Å²) in [7, 11) is 1.53. The number of H-pyrrole nitrogens is 1. The number of carbonyl (C=O) groups excluding carboxylic acids is 1. The molecule has 1 amide bonds. The lowest BCUT2D eigenvalue weighted by molar-refractivity contribution is -0.133. The lowest BCUT2D eigenvalue weighted by atomic mass is 10.1. The zero-order valence-electron chi connectivity index (χ0n) is 23.2. The third-order valence-electron chi connectivity index (χ3n) is 7.11. The molecule has 0 bridgehead atoms. The van der Waals surface area contributed by atoms with Crippen molar-refractivity contribution in [3.63, 3.8) is 0 Å². The molecule has 9 nitrogen and oxygen atoms in total. The lowest BCUT2D eigenvalue weighted by Crippen LogP contribution is -2.48. The van der Waals surface area contributed by atoms with E-state index in [-0.39, 0.29) is 36.1 Å². The van der Waals surface area contributed by atoms with Crippen LogP contribution in [-0.4, -0.2) is 64.2 Å². The highest BCUT2D eigenvalue weighted by molar-refractivity contribution is 6.30. The van der Waals surface area contributed by atoms with E-state index in [1.54, 1.807) is 41.3 Å². The molecule has 1 aliphatic heterocycles. The number of nitrogens with one attached hydrogen (secondary N) is 1. The number of halogens is 2. The topological polar surface area (TPSA) is 101 Å². The summed E-state index contributed by atoms with van der Waals surface area (Å²) in [6.07, 6.45) is 0.360. The highest BCUT2D eigenvalue weighted by Gasteiger charge is 2.22. The van der Waals surface area contributed by atoms with E-state index < -0.39 is 5.56 Å². The number of hydrogen-bond donors (Lipinski definition) is 1. The van der Waals surface area contributed by atoms with Gasteiger partial charge in [0.25, 0.3) is 5.56 Å². The minimum Gasteiger partial charge on any atom is -0.493 e. The SMILES string of the molecule is COc1cc(-c2nnc(CCC(=O)N3CCN(Cc4ccc(F)cc4)CC3)c(=O)[nH]2)ccc1OCc1cccc(Cl)c1. The molecule has 1 aliphatic rings. The fourth-order valence-electron chi connectivity index (χ4n) is 4.76. The number of methoxy groups -OCH3 is 1. The number of rotatable bonds is 10. The molecular weight excluding hydrogens is 561 g/mol. The van der Waals surface area contributed by atoms with E-state index in [2.05, 4.69) is 20.1 Å². The van der Waals surface area contributed by atoms with Gasteiger partial charge in [-0.2, -0.15) is 0 Å². The number of benzene rings is 3. The average molecular weight is 592 g/mol. The number of piperazine rings is 1. The molecule has 0 aliphatic carbocycles. The van der Waals surface area contributed by atoms with Crippen LogP contribution in [-0.2, 0) is 24.4 Å². The Hall–Kier alpha value is -4.28. The molecule has 2 heterocycles. The van der Waals surface area contributed by atoms with Crippen molar-refractivity contribution in [2.75, 3.05) is 33.3 Å². The molecule has 218 valence electrons. The van der Waals surface area contributed by atoms with Crippen LogP contribution in [0.1, 0.15) is 23.2 Å². The molecule has 1 aromatic heterocycles.